The third kappa shape index (κ3) is 3.69. The molecule has 0 bridgehead atoms. The maximum Gasteiger partial charge on any atom is 0.407 e. The maximum absolute atomic E-state index is 13.6. The first-order valence-electron chi connectivity index (χ1n) is 8.49. The average molecular weight is 392 g/mol. The van der Waals surface area contributed by atoms with Crippen molar-refractivity contribution in [1.29, 1.82) is 0 Å². The van der Waals surface area contributed by atoms with Gasteiger partial charge in [-0.1, -0.05) is 5.92 Å². The molecule has 1 aliphatic rings. The lowest BCUT2D eigenvalue weighted by atomic mass is 9.99. The van der Waals surface area contributed by atoms with Crippen LogP contribution in [0.2, 0.25) is 0 Å². The van der Waals surface area contributed by atoms with Gasteiger partial charge in [0, 0.05) is 12.0 Å². The van der Waals surface area contributed by atoms with Gasteiger partial charge in [-0.05, 0) is 20.8 Å². The monoisotopic (exact) mass is 392 g/mol. The fourth-order valence-corrected chi connectivity index (χ4v) is 2.86. The van der Waals surface area contributed by atoms with Crippen molar-refractivity contribution in [2.45, 2.75) is 50.7 Å². The van der Waals surface area contributed by atoms with Gasteiger partial charge in [-0.2, -0.15) is 14.4 Å². The van der Waals surface area contributed by atoms with E-state index >= 15 is 0 Å². The molecule has 0 saturated carbocycles. The number of terminal acetylenes is 1. The lowest BCUT2D eigenvalue weighted by molar-refractivity contribution is -0.0913. The number of hydrogen-bond donors (Lipinski definition) is 3. The van der Waals surface area contributed by atoms with Gasteiger partial charge in [0.2, 0.25) is 0 Å². The van der Waals surface area contributed by atoms with E-state index in [1.807, 2.05) is 0 Å². The number of halogens is 1. The van der Waals surface area contributed by atoms with Crippen LogP contribution in [0.1, 0.15) is 33.4 Å². The van der Waals surface area contributed by atoms with Gasteiger partial charge in [-0.25, -0.2) is 9.78 Å². The zero-order chi connectivity index (χ0) is 20.7. The van der Waals surface area contributed by atoms with Gasteiger partial charge in [0.05, 0.1) is 6.33 Å². The quantitative estimate of drug-likeness (QED) is 0.513. The molecular weight excluding hydrogens is 371 g/mol. The normalized spacial score (nSPS) is 24.9. The highest BCUT2D eigenvalue weighted by Crippen LogP contribution is 2.38. The first kappa shape index (κ1) is 19.8. The molecule has 4 N–H and O–H groups in total. The maximum atomic E-state index is 13.6. The van der Waals surface area contributed by atoms with E-state index in [4.69, 9.17) is 21.6 Å². The molecule has 2 aromatic heterocycles. The SMILES string of the molecule is C#C[C@]1(COC(=O)NC(C)(C)C)O[C@@H](n2cnc3c(N)nc(F)nc32)C[C@@H]1O. The minimum absolute atomic E-state index is 0.0471. The van der Waals surface area contributed by atoms with Gasteiger partial charge in [0.25, 0.3) is 0 Å². The summed E-state index contributed by atoms with van der Waals surface area (Å²) in [5, 5.41) is 13.1. The number of carbonyl (C=O) groups excluding carboxylic acids is 1. The summed E-state index contributed by atoms with van der Waals surface area (Å²) in [5.41, 5.74) is 3.87. The lowest BCUT2D eigenvalue weighted by Crippen LogP contribution is -2.47. The first-order valence-corrected chi connectivity index (χ1v) is 8.49. The Hall–Kier alpha value is -2.97. The number of nitrogen functional groups attached to an aromatic ring is 1. The van der Waals surface area contributed by atoms with Gasteiger partial charge in [0.15, 0.2) is 22.6 Å². The van der Waals surface area contributed by atoms with Crippen LogP contribution in [0.25, 0.3) is 11.2 Å². The summed E-state index contributed by atoms with van der Waals surface area (Å²) in [6.07, 6.45) is 3.28. The molecule has 0 spiro atoms. The molecule has 11 heteroatoms. The number of amides is 1. The standard InChI is InChI=1S/C17H21FN6O4/c1-5-17(7-27-15(26)23-16(2,3)4)9(25)6-10(28-17)24-8-20-11-12(19)21-14(18)22-13(11)24/h1,8-10,25H,6-7H2,2-4H3,(H,23,26)(H2,19,21,22)/t9-,10+,17+/m0/s1. The lowest BCUT2D eigenvalue weighted by Gasteiger charge is -2.27. The third-order valence-electron chi connectivity index (χ3n) is 4.18. The molecular formula is C17H21FN6O4. The number of anilines is 1. The summed E-state index contributed by atoms with van der Waals surface area (Å²) in [4.78, 5) is 23.1. The number of nitrogens with one attached hydrogen (secondary N) is 1. The van der Waals surface area contributed by atoms with Crippen molar-refractivity contribution < 1.29 is 23.8 Å². The number of aliphatic hydroxyl groups is 1. The van der Waals surface area contributed by atoms with Crippen LogP contribution in [0, 0.1) is 18.4 Å². The number of aliphatic hydroxyl groups excluding tert-OH is 1. The molecule has 1 fully saturated rings. The summed E-state index contributed by atoms with van der Waals surface area (Å²) < 4.78 is 25.9. The molecule has 3 heterocycles. The van der Waals surface area contributed by atoms with Crippen LogP contribution in [0.5, 0.6) is 0 Å². The number of carbonyl (C=O) groups is 1. The molecule has 0 radical (unpaired) electrons. The molecule has 3 rings (SSSR count). The zero-order valence-electron chi connectivity index (χ0n) is 15.6. The molecule has 0 aromatic carbocycles. The second kappa shape index (κ2) is 6.88. The van der Waals surface area contributed by atoms with Gasteiger partial charge in [-0.3, -0.25) is 4.57 Å². The number of aromatic nitrogens is 4. The minimum atomic E-state index is -1.58. The van der Waals surface area contributed by atoms with Crippen LogP contribution < -0.4 is 11.1 Å². The molecule has 150 valence electrons. The Kier molecular flexibility index (Phi) is 4.86. The Morgan fingerprint density at radius 2 is 2.32 bits per heavy atom. The largest absolute Gasteiger partial charge is 0.445 e. The summed E-state index contributed by atoms with van der Waals surface area (Å²) in [6, 6.07) is 0. The molecule has 0 aliphatic carbocycles. The van der Waals surface area contributed by atoms with Crippen LogP contribution in [-0.2, 0) is 9.47 Å². The molecule has 0 unspecified atom stereocenters. The zero-order valence-corrected chi connectivity index (χ0v) is 15.6. The van der Waals surface area contributed by atoms with Crippen molar-refractivity contribution in [2.24, 2.45) is 0 Å². The minimum Gasteiger partial charge on any atom is -0.445 e. The van der Waals surface area contributed by atoms with E-state index in [0.717, 1.165) is 0 Å². The topological polar surface area (TPSA) is 137 Å². The van der Waals surface area contributed by atoms with E-state index < -0.39 is 35.6 Å². The summed E-state index contributed by atoms with van der Waals surface area (Å²) in [5.74, 6) is 2.25. The summed E-state index contributed by atoms with van der Waals surface area (Å²) >= 11 is 0. The molecule has 10 nitrogen and oxygen atoms in total. The second-order valence-electron chi connectivity index (χ2n) is 7.51. The Labute approximate surface area is 160 Å². The predicted molar refractivity (Wildman–Crippen MR) is 96.2 cm³/mol. The van der Waals surface area contributed by atoms with Crippen LogP contribution in [0.3, 0.4) is 0 Å². The van der Waals surface area contributed by atoms with E-state index in [-0.39, 0.29) is 30.0 Å². The highest BCUT2D eigenvalue weighted by Gasteiger charge is 2.49. The van der Waals surface area contributed by atoms with E-state index in [1.165, 1.54) is 10.9 Å². The predicted octanol–water partition coefficient (Wildman–Crippen LogP) is 0.724. The number of nitrogens with two attached hydrogens (primary N) is 1. The molecule has 3 atom stereocenters. The Balaban J connectivity index is 1.81. The van der Waals surface area contributed by atoms with Gasteiger partial charge in [-0.15, -0.1) is 6.42 Å². The molecule has 28 heavy (non-hydrogen) atoms. The number of hydrogen-bond acceptors (Lipinski definition) is 8. The van der Waals surface area contributed by atoms with Gasteiger partial charge < -0.3 is 25.6 Å². The highest BCUT2D eigenvalue weighted by atomic mass is 19.1. The van der Waals surface area contributed by atoms with Crippen molar-refractivity contribution in [3.8, 4) is 12.3 Å². The van der Waals surface area contributed by atoms with Crippen molar-refractivity contribution in [2.75, 3.05) is 12.3 Å². The van der Waals surface area contributed by atoms with Crippen molar-refractivity contribution in [3.63, 3.8) is 0 Å². The number of nitrogens with zero attached hydrogens (tertiary/aromatic N) is 4. The number of alkyl carbamates (subject to hydrolysis) is 1. The van der Waals surface area contributed by atoms with E-state index in [9.17, 15) is 14.3 Å². The van der Waals surface area contributed by atoms with Crippen molar-refractivity contribution in [3.05, 3.63) is 12.4 Å². The van der Waals surface area contributed by atoms with Crippen LogP contribution in [0.15, 0.2) is 6.33 Å². The number of rotatable bonds is 3. The summed E-state index contributed by atoms with van der Waals surface area (Å²) in [6.45, 7) is 5.00. The Morgan fingerprint density at radius 1 is 1.61 bits per heavy atom. The van der Waals surface area contributed by atoms with E-state index in [1.54, 1.807) is 20.8 Å². The first-order chi connectivity index (χ1) is 13.0. The van der Waals surface area contributed by atoms with Crippen LogP contribution in [-0.4, -0.2) is 54.6 Å². The molecule has 1 amide bonds. The molecule has 1 saturated heterocycles. The second-order valence-corrected chi connectivity index (χ2v) is 7.51. The van der Waals surface area contributed by atoms with Crippen molar-refractivity contribution >= 4 is 23.1 Å². The molecule has 2 aromatic rings. The van der Waals surface area contributed by atoms with Crippen molar-refractivity contribution in [1.82, 2.24) is 24.8 Å². The number of fused-ring (bicyclic) bond motifs is 1. The number of ether oxygens (including phenoxy) is 2. The summed E-state index contributed by atoms with van der Waals surface area (Å²) in [7, 11) is 0. The molecule has 1 aliphatic heterocycles. The smallest absolute Gasteiger partial charge is 0.407 e. The number of imidazole rings is 1. The van der Waals surface area contributed by atoms with E-state index in [0.29, 0.717) is 0 Å². The third-order valence-corrected chi connectivity index (χ3v) is 4.18. The fourth-order valence-electron chi connectivity index (χ4n) is 2.86. The Bertz CT molecular complexity index is 949. The van der Waals surface area contributed by atoms with E-state index in [2.05, 4.69) is 26.2 Å². The highest BCUT2D eigenvalue weighted by molar-refractivity contribution is 5.81. The Morgan fingerprint density at radius 3 is 2.96 bits per heavy atom. The van der Waals surface area contributed by atoms with Gasteiger partial charge in [0.1, 0.15) is 18.9 Å². The van der Waals surface area contributed by atoms with Gasteiger partial charge >= 0.3 is 12.2 Å². The van der Waals surface area contributed by atoms with Crippen LogP contribution in [0.4, 0.5) is 15.0 Å². The average Bonchev–Trinajstić information content (AvgIpc) is 3.13. The fraction of sp³-hybridized carbons (Fsp3) is 0.529. The van der Waals surface area contributed by atoms with Crippen LogP contribution >= 0.6 is 0 Å².